The van der Waals surface area contributed by atoms with Gasteiger partial charge in [0.2, 0.25) is 0 Å². The molecule has 4 nitrogen and oxygen atoms in total. The van der Waals surface area contributed by atoms with E-state index in [4.69, 9.17) is 13.6 Å². The van der Waals surface area contributed by atoms with Crippen LogP contribution >= 0.6 is 7.82 Å². The van der Waals surface area contributed by atoms with E-state index in [-0.39, 0.29) is 7.43 Å². The van der Waals surface area contributed by atoms with E-state index in [2.05, 4.69) is 0 Å². The average Bonchev–Trinajstić information content (AvgIpc) is 2.57. The Morgan fingerprint density at radius 2 is 0.750 bits per heavy atom. The zero-order chi connectivity index (χ0) is 16.0. The SMILES string of the molecule is C.O=P(Oc1ccccc1)(Oc1ccccc1)Oc1ccccc1. The van der Waals surface area contributed by atoms with E-state index in [1.807, 2.05) is 18.2 Å². The third kappa shape index (κ3) is 4.90. The quantitative estimate of drug-likeness (QED) is 0.518. The highest BCUT2D eigenvalue weighted by molar-refractivity contribution is 7.49. The van der Waals surface area contributed by atoms with Gasteiger partial charge in [0, 0.05) is 0 Å². The second-order valence-corrected chi connectivity index (χ2v) is 6.10. The smallest absolute Gasteiger partial charge is 0.386 e. The van der Waals surface area contributed by atoms with Gasteiger partial charge in [0.1, 0.15) is 17.2 Å². The first-order chi connectivity index (χ1) is 11.2. The van der Waals surface area contributed by atoms with Gasteiger partial charge in [-0.25, -0.2) is 0 Å². The van der Waals surface area contributed by atoms with Crippen molar-refractivity contribution in [2.75, 3.05) is 0 Å². The van der Waals surface area contributed by atoms with Crippen molar-refractivity contribution in [2.45, 2.75) is 7.43 Å². The molecule has 0 bridgehead atoms. The fourth-order valence-electron chi connectivity index (χ4n) is 1.89. The summed E-state index contributed by atoms with van der Waals surface area (Å²) in [6, 6.07) is 26.4. The van der Waals surface area contributed by atoms with Crippen molar-refractivity contribution in [3.05, 3.63) is 91.0 Å². The molecule has 3 aromatic carbocycles. The number of para-hydroxylation sites is 3. The molecule has 3 aromatic rings. The third-order valence-electron chi connectivity index (χ3n) is 2.88. The van der Waals surface area contributed by atoms with Gasteiger partial charge < -0.3 is 13.6 Å². The molecule has 0 spiro atoms. The lowest BCUT2D eigenvalue weighted by Gasteiger charge is -2.19. The number of phosphoric acid groups is 1. The number of hydrogen-bond donors (Lipinski definition) is 0. The minimum absolute atomic E-state index is 0. The standard InChI is InChI=1S/C18H15O4P.CH4/c19-23(20-16-10-4-1-5-11-16,21-17-12-6-2-7-13-17)22-18-14-8-3-9-15-18;/h1-15H;1H4. The fraction of sp³-hybridized carbons (Fsp3) is 0.0526. The fourth-order valence-corrected chi connectivity index (χ4v) is 3.14. The minimum atomic E-state index is -3.89. The van der Waals surface area contributed by atoms with Gasteiger partial charge in [-0.1, -0.05) is 62.0 Å². The highest BCUT2D eigenvalue weighted by atomic mass is 31.2. The topological polar surface area (TPSA) is 44.8 Å². The van der Waals surface area contributed by atoms with Crippen molar-refractivity contribution in [2.24, 2.45) is 0 Å². The van der Waals surface area contributed by atoms with Crippen LogP contribution in [-0.4, -0.2) is 0 Å². The van der Waals surface area contributed by atoms with Crippen molar-refractivity contribution in [1.29, 1.82) is 0 Å². The van der Waals surface area contributed by atoms with Crippen LogP contribution in [0.1, 0.15) is 7.43 Å². The van der Waals surface area contributed by atoms with Crippen molar-refractivity contribution in [1.82, 2.24) is 0 Å². The number of hydrogen-bond acceptors (Lipinski definition) is 4. The molecular formula is C19H19O4P. The number of benzene rings is 3. The molecule has 0 amide bonds. The predicted octanol–water partition coefficient (Wildman–Crippen LogP) is 5.97. The Balaban J connectivity index is 0.00000208. The van der Waals surface area contributed by atoms with Crippen LogP contribution in [0.15, 0.2) is 91.0 Å². The molecule has 0 aromatic heterocycles. The Bertz CT molecular complexity index is 668. The molecular weight excluding hydrogens is 323 g/mol. The lowest BCUT2D eigenvalue weighted by Crippen LogP contribution is -2.07. The van der Waals surface area contributed by atoms with E-state index in [0.717, 1.165) is 0 Å². The molecule has 24 heavy (non-hydrogen) atoms. The molecule has 0 aliphatic rings. The zero-order valence-electron chi connectivity index (χ0n) is 12.2. The van der Waals surface area contributed by atoms with E-state index in [1.165, 1.54) is 0 Å². The zero-order valence-corrected chi connectivity index (χ0v) is 13.1. The molecule has 5 heteroatoms. The van der Waals surface area contributed by atoms with Crippen LogP contribution in [0, 0.1) is 0 Å². The first kappa shape index (κ1) is 17.6. The van der Waals surface area contributed by atoms with Gasteiger partial charge in [-0.05, 0) is 36.4 Å². The monoisotopic (exact) mass is 342 g/mol. The molecule has 0 aliphatic carbocycles. The van der Waals surface area contributed by atoms with Gasteiger partial charge in [-0.3, -0.25) is 0 Å². The van der Waals surface area contributed by atoms with Crippen LogP contribution in [-0.2, 0) is 4.57 Å². The predicted molar refractivity (Wildman–Crippen MR) is 95.5 cm³/mol. The molecule has 0 aliphatic heterocycles. The summed E-state index contributed by atoms with van der Waals surface area (Å²) in [6.45, 7) is 0. The Morgan fingerprint density at radius 3 is 1.00 bits per heavy atom. The highest BCUT2D eigenvalue weighted by Gasteiger charge is 2.33. The van der Waals surface area contributed by atoms with E-state index in [1.54, 1.807) is 72.8 Å². The van der Waals surface area contributed by atoms with Crippen molar-refractivity contribution >= 4 is 7.82 Å². The van der Waals surface area contributed by atoms with Crippen molar-refractivity contribution < 1.29 is 18.1 Å². The summed E-state index contributed by atoms with van der Waals surface area (Å²) in [6.07, 6.45) is 0. The maximum atomic E-state index is 13.1. The van der Waals surface area contributed by atoms with Gasteiger partial charge in [0.15, 0.2) is 0 Å². The molecule has 0 N–H and O–H groups in total. The maximum absolute atomic E-state index is 13.1. The maximum Gasteiger partial charge on any atom is 0.647 e. The van der Waals surface area contributed by atoms with Crippen LogP contribution < -0.4 is 13.6 Å². The van der Waals surface area contributed by atoms with Gasteiger partial charge in [-0.2, -0.15) is 4.57 Å². The minimum Gasteiger partial charge on any atom is -0.386 e. The van der Waals surface area contributed by atoms with E-state index >= 15 is 0 Å². The van der Waals surface area contributed by atoms with Gasteiger partial charge in [0.25, 0.3) is 0 Å². The van der Waals surface area contributed by atoms with Crippen LogP contribution in [0.2, 0.25) is 0 Å². The van der Waals surface area contributed by atoms with Crippen LogP contribution in [0.4, 0.5) is 0 Å². The molecule has 0 saturated heterocycles. The van der Waals surface area contributed by atoms with Crippen molar-refractivity contribution in [3.63, 3.8) is 0 Å². The van der Waals surface area contributed by atoms with E-state index in [0.29, 0.717) is 17.2 Å². The van der Waals surface area contributed by atoms with E-state index in [9.17, 15) is 4.57 Å². The Morgan fingerprint density at radius 1 is 0.500 bits per heavy atom. The molecule has 0 saturated carbocycles. The molecule has 124 valence electrons. The largest absolute Gasteiger partial charge is 0.647 e. The average molecular weight is 342 g/mol. The first-order valence-electron chi connectivity index (χ1n) is 7.07. The second kappa shape index (κ2) is 8.23. The lowest BCUT2D eigenvalue weighted by atomic mass is 10.3. The van der Waals surface area contributed by atoms with E-state index < -0.39 is 7.82 Å². The molecule has 3 rings (SSSR count). The Kier molecular flexibility index (Phi) is 6.05. The Hall–Kier alpha value is -2.71. The highest BCUT2D eigenvalue weighted by Crippen LogP contribution is 2.49. The lowest BCUT2D eigenvalue weighted by molar-refractivity contribution is 0.298. The summed E-state index contributed by atoms with van der Waals surface area (Å²) in [5, 5.41) is 0. The summed E-state index contributed by atoms with van der Waals surface area (Å²) in [7, 11) is -3.89. The number of rotatable bonds is 6. The molecule has 0 heterocycles. The molecule has 0 fully saturated rings. The van der Waals surface area contributed by atoms with Gasteiger partial charge in [-0.15, -0.1) is 0 Å². The van der Waals surface area contributed by atoms with Gasteiger partial charge in [0.05, 0.1) is 0 Å². The van der Waals surface area contributed by atoms with Gasteiger partial charge >= 0.3 is 7.82 Å². The summed E-state index contributed by atoms with van der Waals surface area (Å²) < 4.78 is 29.6. The summed E-state index contributed by atoms with van der Waals surface area (Å²) in [5.74, 6) is 1.22. The molecule has 0 unspecified atom stereocenters. The first-order valence-corrected chi connectivity index (χ1v) is 8.54. The van der Waals surface area contributed by atoms with Crippen LogP contribution in [0.5, 0.6) is 17.2 Å². The normalized spacial score (nSPS) is 10.3. The van der Waals surface area contributed by atoms with Crippen LogP contribution in [0.25, 0.3) is 0 Å². The van der Waals surface area contributed by atoms with Crippen LogP contribution in [0.3, 0.4) is 0 Å². The number of phosphoric ester groups is 1. The summed E-state index contributed by atoms with van der Waals surface area (Å²) in [4.78, 5) is 0. The summed E-state index contributed by atoms with van der Waals surface area (Å²) >= 11 is 0. The molecule has 0 atom stereocenters. The second-order valence-electron chi connectivity index (χ2n) is 4.66. The summed E-state index contributed by atoms with van der Waals surface area (Å²) in [5.41, 5.74) is 0. The van der Waals surface area contributed by atoms with Crippen molar-refractivity contribution in [3.8, 4) is 17.2 Å². The Labute approximate surface area is 142 Å². The molecule has 0 radical (unpaired) electrons. The third-order valence-corrected chi connectivity index (χ3v) is 4.18.